The molecule has 0 bridgehead atoms. The molecule has 8 heteroatoms. The monoisotopic (exact) mass is 510 g/mol. The predicted molar refractivity (Wildman–Crippen MR) is 138 cm³/mol. The first kappa shape index (κ1) is 25.7. The molecule has 3 aromatic rings. The third kappa shape index (κ3) is 5.70. The van der Waals surface area contributed by atoms with Gasteiger partial charge in [0.1, 0.15) is 30.5 Å². The highest BCUT2D eigenvalue weighted by Crippen LogP contribution is 2.34. The van der Waals surface area contributed by atoms with Crippen LogP contribution < -0.4 is 9.47 Å². The van der Waals surface area contributed by atoms with Gasteiger partial charge in [-0.05, 0) is 67.1 Å². The molecule has 1 aliphatic rings. The second-order valence-corrected chi connectivity index (χ2v) is 9.84. The van der Waals surface area contributed by atoms with E-state index in [4.69, 9.17) is 9.47 Å². The molecule has 4 rings (SSSR count). The Morgan fingerprint density at radius 3 is 2.69 bits per heavy atom. The van der Waals surface area contributed by atoms with Gasteiger partial charge in [-0.25, -0.2) is 4.39 Å². The van der Waals surface area contributed by atoms with Crippen LogP contribution in [0.3, 0.4) is 0 Å². The molecule has 2 amide bonds. The highest BCUT2D eigenvalue weighted by atomic mass is 32.1. The molecule has 0 saturated carbocycles. The number of halogens is 1. The first-order valence-electron chi connectivity index (χ1n) is 12.1. The van der Waals surface area contributed by atoms with Crippen molar-refractivity contribution in [3.05, 3.63) is 81.8 Å². The minimum absolute atomic E-state index is 0.0838. The fraction of sp³-hybridized carbons (Fsp3) is 0.357. The average Bonchev–Trinajstić information content (AvgIpc) is 3.38. The van der Waals surface area contributed by atoms with Crippen molar-refractivity contribution in [2.45, 2.75) is 38.8 Å². The molecule has 2 aromatic carbocycles. The number of methoxy groups -OCH3 is 1. The van der Waals surface area contributed by atoms with Crippen molar-refractivity contribution < 1.29 is 23.5 Å². The third-order valence-corrected chi connectivity index (χ3v) is 7.62. The van der Waals surface area contributed by atoms with Gasteiger partial charge < -0.3 is 19.3 Å². The maximum Gasteiger partial charge on any atom is 0.254 e. The zero-order valence-corrected chi connectivity index (χ0v) is 21.6. The van der Waals surface area contributed by atoms with Gasteiger partial charge in [0.2, 0.25) is 5.91 Å². The molecule has 190 valence electrons. The van der Waals surface area contributed by atoms with Crippen molar-refractivity contribution in [1.82, 2.24) is 9.80 Å². The van der Waals surface area contributed by atoms with Gasteiger partial charge in [-0.1, -0.05) is 19.1 Å². The lowest BCUT2D eigenvalue weighted by Crippen LogP contribution is -2.49. The van der Waals surface area contributed by atoms with Crippen LogP contribution in [0.25, 0.3) is 0 Å². The number of hydrogen-bond acceptors (Lipinski definition) is 5. The molecule has 2 heterocycles. The number of fused-ring (bicyclic) bond motifs is 1. The standard InChI is InChI=1S/C28H31FN2O4S/c1-4-19(2)31(28(33)20-7-5-8-21(29)15-20)17-27(32)30-13-11-26-24(12-14-36-26)25(30)18-35-23-10-6-9-22(16-23)34-3/h5-10,12,14-16,19,25H,4,11,13,17-18H2,1-3H3/t19-,25-/m0/s1. The first-order chi connectivity index (χ1) is 17.4. The minimum Gasteiger partial charge on any atom is -0.497 e. The fourth-order valence-electron chi connectivity index (χ4n) is 4.41. The summed E-state index contributed by atoms with van der Waals surface area (Å²) in [5, 5.41) is 2.04. The predicted octanol–water partition coefficient (Wildman–Crippen LogP) is 5.34. The number of ether oxygens (including phenoxy) is 2. The summed E-state index contributed by atoms with van der Waals surface area (Å²) in [6, 6.07) is 14.6. The third-order valence-electron chi connectivity index (χ3n) is 6.63. The normalized spacial score (nSPS) is 15.7. The van der Waals surface area contributed by atoms with Crippen molar-refractivity contribution in [2.24, 2.45) is 0 Å². The number of amides is 2. The molecule has 36 heavy (non-hydrogen) atoms. The molecule has 0 saturated heterocycles. The van der Waals surface area contributed by atoms with E-state index < -0.39 is 5.82 Å². The van der Waals surface area contributed by atoms with Gasteiger partial charge in [-0.3, -0.25) is 9.59 Å². The van der Waals surface area contributed by atoms with Crippen LogP contribution in [0.2, 0.25) is 0 Å². The first-order valence-corrected chi connectivity index (χ1v) is 13.0. The molecule has 0 unspecified atom stereocenters. The lowest BCUT2D eigenvalue weighted by molar-refractivity contribution is -0.136. The molecular weight excluding hydrogens is 479 g/mol. The van der Waals surface area contributed by atoms with E-state index in [9.17, 15) is 14.0 Å². The van der Waals surface area contributed by atoms with Gasteiger partial charge in [-0.15, -0.1) is 11.3 Å². The Kier molecular flexibility index (Phi) is 8.25. The molecule has 0 spiro atoms. The van der Waals surface area contributed by atoms with Gasteiger partial charge in [-0.2, -0.15) is 0 Å². The Labute approximate surface area is 215 Å². The topological polar surface area (TPSA) is 59.1 Å². The highest BCUT2D eigenvalue weighted by molar-refractivity contribution is 7.10. The summed E-state index contributed by atoms with van der Waals surface area (Å²) in [5.41, 5.74) is 1.31. The van der Waals surface area contributed by atoms with Crippen molar-refractivity contribution in [3.63, 3.8) is 0 Å². The lowest BCUT2D eigenvalue weighted by atomic mass is 10.00. The zero-order chi connectivity index (χ0) is 25.7. The Bertz CT molecular complexity index is 1210. The van der Waals surface area contributed by atoms with Crippen LogP contribution in [0.1, 0.15) is 47.1 Å². The molecule has 0 aliphatic carbocycles. The zero-order valence-electron chi connectivity index (χ0n) is 20.8. The molecule has 0 radical (unpaired) electrons. The Hall–Kier alpha value is -3.39. The molecular formula is C28H31FN2O4S. The van der Waals surface area contributed by atoms with Crippen LogP contribution in [0.4, 0.5) is 4.39 Å². The summed E-state index contributed by atoms with van der Waals surface area (Å²) in [4.78, 5) is 31.5. The second-order valence-electron chi connectivity index (χ2n) is 8.84. The van der Waals surface area contributed by atoms with E-state index in [2.05, 4.69) is 0 Å². The smallest absolute Gasteiger partial charge is 0.254 e. The van der Waals surface area contributed by atoms with Gasteiger partial charge in [0, 0.05) is 29.1 Å². The molecule has 0 fully saturated rings. The summed E-state index contributed by atoms with van der Waals surface area (Å²) in [5.74, 6) is 0.366. The molecule has 0 N–H and O–H groups in total. The van der Waals surface area contributed by atoms with Crippen LogP contribution in [0.5, 0.6) is 11.5 Å². The van der Waals surface area contributed by atoms with E-state index in [1.807, 2.05) is 54.5 Å². The molecule has 2 atom stereocenters. The number of carbonyl (C=O) groups excluding carboxylic acids is 2. The largest absolute Gasteiger partial charge is 0.497 e. The number of hydrogen-bond donors (Lipinski definition) is 0. The van der Waals surface area contributed by atoms with Crippen LogP contribution in [0, 0.1) is 5.82 Å². The minimum atomic E-state index is -0.480. The van der Waals surface area contributed by atoms with Crippen LogP contribution >= 0.6 is 11.3 Å². The summed E-state index contributed by atoms with van der Waals surface area (Å²) in [6.45, 7) is 4.61. The van der Waals surface area contributed by atoms with Gasteiger partial charge in [0.25, 0.3) is 5.91 Å². The van der Waals surface area contributed by atoms with Gasteiger partial charge in [0.05, 0.1) is 13.2 Å². The number of benzene rings is 2. The van der Waals surface area contributed by atoms with Crippen molar-refractivity contribution in [1.29, 1.82) is 0 Å². The van der Waals surface area contributed by atoms with E-state index in [1.54, 1.807) is 29.4 Å². The van der Waals surface area contributed by atoms with Crippen LogP contribution in [0.15, 0.2) is 60.0 Å². The second kappa shape index (κ2) is 11.6. The maximum atomic E-state index is 13.8. The summed E-state index contributed by atoms with van der Waals surface area (Å²) >= 11 is 1.68. The highest BCUT2D eigenvalue weighted by Gasteiger charge is 2.34. The Balaban J connectivity index is 1.55. The fourth-order valence-corrected chi connectivity index (χ4v) is 5.34. The quantitative estimate of drug-likeness (QED) is 0.390. The Morgan fingerprint density at radius 1 is 1.17 bits per heavy atom. The molecule has 6 nitrogen and oxygen atoms in total. The van der Waals surface area contributed by atoms with Crippen LogP contribution in [-0.2, 0) is 11.2 Å². The number of rotatable bonds is 9. The van der Waals surface area contributed by atoms with Gasteiger partial charge >= 0.3 is 0 Å². The average molecular weight is 511 g/mol. The van der Waals surface area contributed by atoms with E-state index in [0.29, 0.717) is 24.5 Å². The number of nitrogens with zero attached hydrogens (tertiary/aromatic N) is 2. The molecule has 1 aromatic heterocycles. The summed E-state index contributed by atoms with van der Waals surface area (Å²) < 4.78 is 25.2. The summed E-state index contributed by atoms with van der Waals surface area (Å²) in [7, 11) is 1.60. The lowest BCUT2D eigenvalue weighted by Gasteiger charge is -2.38. The van der Waals surface area contributed by atoms with Gasteiger partial charge in [0.15, 0.2) is 0 Å². The number of carbonyl (C=O) groups is 2. The number of thiophene rings is 1. The summed E-state index contributed by atoms with van der Waals surface area (Å²) in [6.07, 6.45) is 1.43. The maximum absolute atomic E-state index is 13.8. The SMILES string of the molecule is CC[C@H](C)N(CC(=O)N1CCc2sccc2[C@@H]1COc1cccc(OC)c1)C(=O)c1cccc(F)c1. The van der Waals surface area contributed by atoms with Crippen molar-refractivity contribution >= 4 is 23.2 Å². The van der Waals surface area contributed by atoms with Crippen molar-refractivity contribution in [3.8, 4) is 11.5 Å². The van der Waals surface area contributed by atoms with E-state index in [1.165, 1.54) is 23.1 Å². The van der Waals surface area contributed by atoms with E-state index >= 15 is 0 Å². The van der Waals surface area contributed by atoms with Crippen molar-refractivity contribution in [2.75, 3.05) is 26.8 Å². The Morgan fingerprint density at radius 2 is 1.94 bits per heavy atom. The molecule has 1 aliphatic heterocycles. The van der Waals surface area contributed by atoms with Crippen LogP contribution in [-0.4, -0.2) is 54.5 Å². The van der Waals surface area contributed by atoms with E-state index in [-0.39, 0.29) is 42.6 Å². The van der Waals surface area contributed by atoms with E-state index in [0.717, 1.165) is 12.0 Å².